The minimum atomic E-state index is -4.59. The quantitative estimate of drug-likeness (QED) is 0.641. The number of nitriles is 1. The Hall–Kier alpha value is -2.44. The predicted molar refractivity (Wildman–Crippen MR) is 91.9 cm³/mol. The van der Waals surface area contributed by atoms with Gasteiger partial charge < -0.3 is 10.2 Å². The Morgan fingerprint density at radius 3 is 2.21 bits per heavy atom. The molecule has 3 rings (SSSR count). The van der Waals surface area contributed by atoms with Crippen molar-refractivity contribution in [3.63, 3.8) is 0 Å². The summed E-state index contributed by atoms with van der Waals surface area (Å²) in [4.78, 5) is 13.6. The lowest BCUT2D eigenvalue weighted by molar-refractivity contribution is -0.183. The number of carbonyl (C=O) groups excluding carboxylic acids is 1. The Morgan fingerprint density at radius 1 is 1.07 bits per heavy atom. The van der Waals surface area contributed by atoms with E-state index in [0.717, 1.165) is 12.1 Å². The number of rotatable bonds is 2. The molecule has 2 fully saturated rings. The van der Waals surface area contributed by atoms with Crippen LogP contribution < -0.4 is 5.32 Å². The molecule has 1 heterocycles. The van der Waals surface area contributed by atoms with Crippen molar-refractivity contribution < 1.29 is 31.1 Å². The molecule has 0 radical (unpaired) electrons. The second-order valence-corrected chi connectivity index (χ2v) is 7.45. The molecule has 2 atom stereocenters. The minimum Gasteiger partial charge on any atom is -0.325 e. The molecule has 1 N–H and O–H groups in total. The molecule has 2 amide bonds. The summed E-state index contributed by atoms with van der Waals surface area (Å²) >= 11 is 0. The monoisotopic (exact) mass is 419 g/mol. The Balaban J connectivity index is 1.73. The summed E-state index contributed by atoms with van der Waals surface area (Å²) in [6.07, 6.45) is -8.34. The zero-order valence-electron chi connectivity index (χ0n) is 15.3. The van der Waals surface area contributed by atoms with E-state index in [1.807, 2.05) is 6.07 Å². The van der Waals surface area contributed by atoms with Gasteiger partial charge in [-0.1, -0.05) is 0 Å². The number of hydrogen-bond acceptors (Lipinski definition) is 2. The number of amides is 2. The standard InChI is InChI=1S/C19H19F6N3O/c20-18(21,22)12-5-7-28(8-6-12)17(29)27-13-2-4-16(19(23,24)25)15(9-13)14-3-1-11(14)10-26/h2,4,9,11-12,14H,1,3,5-8H2,(H,27,29)/t11-,14-/m1/s1. The maximum atomic E-state index is 13.3. The van der Waals surface area contributed by atoms with Crippen LogP contribution >= 0.6 is 0 Å². The number of halogens is 6. The van der Waals surface area contributed by atoms with Crippen molar-refractivity contribution in [3.05, 3.63) is 29.3 Å². The molecule has 1 aromatic carbocycles. The maximum Gasteiger partial charge on any atom is 0.416 e. The molecule has 1 saturated heterocycles. The largest absolute Gasteiger partial charge is 0.416 e. The molecular formula is C19H19F6N3O. The molecule has 10 heteroatoms. The number of nitrogens with zero attached hydrogens (tertiary/aromatic N) is 2. The molecule has 0 unspecified atom stereocenters. The van der Waals surface area contributed by atoms with Gasteiger partial charge in [0.25, 0.3) is 0 Å². The first-order chi connectivity index (χ1) is 13.5. The van der Waals surface area contributed by atoms with Gasteiger partial charge in [0, 0.05) is 24.7 Å². The highest BCUT2D eigenvalue weighted by Crippen LogP contribution is 2.47. The van der Waals surface area contributed by atoms with Crippen molar-refractivity contribution in [1.82, 2.24) is 4.90 Å². The summed E-state index contributed by atoms with van der Waals surface area (Å²) in [6, 6.07) is 4.56. The van der Waals surface area contributed by atoms with Gasteiger partial charge in [-0.3, -0.25) is 0 Å². The molecule has 1 aliphatic heterocycles. The van der Waals surface area contributed by atoms with Crippen LogP contribution in [0.2, 0.25) is 0 Å². The fourth-order valence-electron chi connectivity index (χ4n) is 3.84. The number of carbonyl (C=O) groups is 1. The van der Waals surface area contributed by atoms with Crippen molar-refractivity contribution >= 4 is 11.7 Å². The third-order valence-electron chi connectivity index (χ3n) is 5.69. The highest BCUT2D eigenvalue weighted by molar-refractivity contribution is 5.89. The molecule has 1 saturated carbocycles. The minimum absolute atomic E-state index is 0.0381. The number of urea groups is 1. The van der Waals surface area contributed by atoms with Gasteiger partial charge in [0.15, 0.2) is 0 Å². The van der Waals surface area contributed by atoms with Gasteiger partial charge in [-0.05, 0) is 49.4 Å². The SMILES string of the molecule is N#C[C@H]1CC[C@H]1c1cc(NC(=O)N2CCC(C(F)(F)F)CC2)ccc1C(F)(F)F. The van der Waals surface area contributed by atoms with Crippen molar-refractivity contribution in [1.29, 1.82) is 5.26 Å². The second kappa shape index (κ2) is 7.76. The fraction of sp³-hybridized carbons (Fsp3) is 0.579. The Kier molecular flexibility index (Phi) is 5.70. The van der Waals surface area contributed by atoms with E-state index in [2.05, 4.69) is 5.32 Å². The maximum absolute atomic E-state index is 13.3. The van der Waals surface area contributed by atoms with Gasteiger partial charge in [0.1, 0.15) is 0 Å². The van der Waals surface area contributed by atoms with E-state index in [1.54, 1.807) is 0 Å². The Labute approximate surface area is 163 Å². The third kappa shape index (κ3) is 4.60. The predicted octanol–water partition coefficient (Wildman–Crippen LogP) is 5.53. The Bertz CT molecular complexity index is 806. The second-order valence-electron chi connectivity index (χ2n) is 7.45. The fourth-order valence-corrected chi connectivity index (χ4v) is 3.84. The number of hydrogen-bond donors (Lipinski definition) is 1. The van der Waals surface area contributed by atoms with Crippen LogP contribution in [-0.4, -0.2) is 30.2 Å². The normalized spacial score (nSPS) is 23.3. The van der Waals surface area contributed by atoms with Crippen LogP contribution in [0.3, 0.4) is 0 Å². The molecule has 0 aromatic heterocycles. The van der Waals surface area contributed by atoms with Gasteiger partial charge in [-0.2, -0.15) is 31.6 Å². The zero-order chi connectivity index (χ0) is 21.4. The molecule has 4 nitrogen and oxygen atoms in total. The van der Waals surface area contributed by atoms with Crippen molar-refractivity contribution in [2.24, 2.45) is 11.8 Å². The lowest BCUT2D eigenvalue weighted by Gasteiger charge is -2.34. The highest BCUT2D eigenvalue weighted by Gasteiger charge is 2.42. The zero-order valence-corrected chi connectivity index (χ0v) is 15.3. The van der Waals surface area contributed by atoms with Crippen LogP contribution in [0.5, 0.6) is 0 Å². The number of benzene rings is 1. The summed E-state index contributed by atoms with van der Waals surface area (Å²) in [5.41, 5.74) is -0.755. The van der Waals surface area contributed by atoms with Gasteiger partial charge in [-0.15, -0.1) is 0 Å². The van der Waals surface area contributed by atoms with E-state index < -0.39 is 41.7 Å². The first-order valence-corrected chi connectivity index (χ1v) is 9.24. The molecule has 1 aromatic rings. The average Bonchev–Trinajstić information content (AvgIpc) is 2.60. The smallest absolute Gasteiger partial charge is 0.325 e. The van der Waals surface area contributed by atoms with Crippen molar-refractivity contribution in [3.8, 4) is 6.07 Å². The number of piperidine rings is 1. The van der Waals surface area contributed by atoms with E-state index in [4.69, 9.17) is 5.26 Å². The Morgan fingerprint density at radius 2 is 1.72 bits per heavy atom. The molecule has 0 bridgehead atoms. The van der Waals surface area contributed by atoms with Gasteiger partial charge in [0.2, 0.25) is 0 Å². The summed E-state index contributed by atoms with van der Waals surface area (Å²) in [6.45, 7) is -0.161. The number of likely N-dealkylation sites (tertiary alicyclic amines) is 1. The van der Waals surface area contributed by atoms with E-state index in [0.29, 0.717) is 12.8 Å². The molecular weight excluding hydrogens is 400 g/mol. The first-order valence-electron chi connectivity index (χ1n) is 9.24. The van der Waals surface area contributed by atoms with Crippen LogP contribution in [0.4, 0.5) is 36.8 Å². The van der Waals surface area contributed by atoms with Crippen molar-refractivity contribution in [2.45, 2.75) is 44.0 Å². The van der Waals surface area contributed by atoms with E-state index in [-0.39, 0.29) is 37.2 Å². The van der Waals surface area contributed by atoms with Crippen LogP contribution in [0.15, 0.2) is 18.2 Å². The first kappa shape index (κ1) is 21.3. The molecule has 29 heavy (non-hydrogen) atoms. The van der Waals surface area contributed by atoms with Gasteiger partial charge >= 0.3 is 18.4 Å². The van der Waals surface area contributed by atoms with Gasteiger partial charge in [0.05, 0.1) is 23.5 Å². The van der Waals surface area contributed by atoms with Crippen LogP contribution in [-0.2, 0) is 6.18 Å². The number of alkyl halides is 6. The van der Waals surface area contributed by atoms with Crippen LogP contribution in [0, 0.1) is 23.2 Å². The molecule has 1 aliphatic carbocycles. The number of anilines is 1. The number of nitrogens with one attached hydrogen (secondary N) is 1. The third-order valence-corrected chi connectivity index (χ3v) is 5.69. The van der Waals surface area contributed by atoms with Crippen LogP contribution in [0.1, 0.15) is 42.7 Å². The van der Waals surface area contributed by atoms with E-state index in [9.17, 15) is 31.1 Å². The van der Waals surface area contributed by atoms with Gasteiger partial charge in [-0.25, -0.2) is 4.79 Å². The van der Waals surface area contributed by atoms with E-state index in [1.165, 1.54) is 11.0 Å². The lowest BCUT2D eigenvalue weighted by Crippen LogP contribution is -2.44. The summed E-state index contributed by atoms with van der Waals surface area (Å²) < 4.78 is 78.3. The molecule has 158 valence electrons. The highest BCUT2D eigenvalue weighted by atomic mass is 19.4. The topological polar surface area (TPSA) is 56.1 Å². The van der Waals surface area contributed by atoms with E-state index >= 15 is 0 Å². The summed E-state index contributed by atoms with van der Waals surface area (Å²) in [5.74, 6) is -2.52. The van der Waals surface area contributed by atoms with Crippen LogP contribution in [0.25, 0.3) is 0 Å². The average molecular weight is 419 g/mol. The molecule has 0 spiro atoms. The van der Waals surface area contributed by atoms with Crippen molar-refractivity contribution in [2.75, 3.05) is 18.4 Å². The summed E-state index contributed by atoms with van der Waals surface area (Å²) in [5, 5.41) is 11.6. The lowest BCUT2D eigenvalue weighted by atomic mass is 9.69. The molecule has 2 aliphatic rings. The summed E-state index contributed by atoms with van der Waals surface area (Å²) in [7, 11) is 0.